The molecular formula is C25H29F3N2O6. The van der Waals surface area contributed by atoms with Gasteiger partial charge in [0.15, 0.2) is 11.6 Å². The molecule has 36 heavy (non-hydrogen) atoms. The van der Waals surface area contributed by atoms with Gasteiger partial charge < -0.3 is 25.6 Å². The van der Waals surface area contributed by atoms with Crippen molar-refractivity contribution in [3.05, 3.63) is 71.3 Å². The first kappa shape index (κ1) is 28.6. The molecule has 8 nitrogen and oxygen atoms in total. The number of rotatable bonds is 8. The Hall–Kier alpha value is -3.60. The second kappa shape index (κ2) is 11.0. The van der Waals surface area contributed by atoms with Crippen LogP contribution in [0.15, 0.2) is 54.6 Å². The number of alkyl carbamates (subject to hydrolysis) is 1. The molecule has 2 rings (SSSR count). The van der Waals surface area contributed by atoms with Crippen LogP contribution in [0.4, 0.5) is 18.0 Å². The molecule has 0 aromatic heterocycles. The second-order valence-corrected chi connectivity index (χ2v) is 9.39. The Bertz CT molecular complexity index is 1090. The minimum Gasteiger partial charge on any atom is -0.479 e. The van der Waals surface area contributed by atoms with E-state index >= 15 is 0 Å². The van der Waals surface area contributed by atoms with Crippen molar-refractivity contribution in [1.82, 2.24) is 10.6 Å². The molecule has 4 N–H and O–H groups in total. The van der Waals surface area contributed by atoms with Crippen molar-refractivity contribution in [1.29, 1.82) is 0 Å². The van der Waals surface area contributed by atoms with Gasteiger partial charge in [0.05, 0.1) is 11.6 Å². The Balaban J connectivity index is 2.34. The molecule has 0 spiro atoms. The maximum atomic E-state index is 13.2. The maximum Gasteiger partial charge on any atom is 0.416 e. The molecule has 0 radical (unpaired) electrons. The highest BCUT2D eigenvalue weighted by molar-refractivity contribution is 5.90. The topological polar surface area (TPSA) is 125 Å². The summed E-state index contributed by atoms with van der Waals surface area (Å²) in [6.07, 6.45) is -7.66. The number of carboxylic acids is 1. The van der Waals surface area contributed by atoms with Gasteiger partial charge in [0, 0.05) is 0 Å². The minimum atomic E-state index is -4.74. The molecule has 0 aliphatic heterocycles. The molecular weight excluding hydrogens is 481 g/mol. The molecule has 196 valence electrons. The summed E-state index contributed by atoms with van der Waals surface area (Å²) in [5, 5.41) is 25.1. The lowest BCUT2D eigenvalue weighted by atomic mass is 9.89. The van der Waals surface area contributed by atoms with Gasteiger partial charge in [-0.1, -0.05) is 42.5 Å². The Kier molecular flexibility index (Phi) is 8.74. The second-order valence-electron chi connectivity index (χ2n) is 9.39. The van der Waals surface area contributed by atoms with Gasteiger partial charge in [-0.05, 0) is 57.4 Å². The van der Waals surface area contributed by atoms with Crippen molar-refractivity contribution in [3.63, 3.8) is 0 Å². The minimum absolute atomic E-state index is 0.0258. The van der Waals surface area contributed by atoms with Crippen LogP contribution in [0, 0.1) is 0 Å². The highest BCUT2D eigenvalue weighted by Gasteiger charge is 2.42. The van der Waals surface area contributed by atoms with E-state index in [1.54, 1.807) is 51.1 Å². The van der Waals surface area contributed by atoms with Crippen molar-refractivity contribution < 1.29 is 42.5 Å². The molecule has 0 saturated heterocycles. The number of benzene rings is 2. The first-order chi connectivity index (χ1) is 16.5. The lowest BCUT2D eigenvalue weighted by Gasteiger charge is -2.31. The van der Waals surface area contributed by atoms with Gasteiger partial charge in [0.25, 0.3) is 5.91 Å². The number of carbonyl (C=O) groups is 3. The molecule has 0 unspecified atom stereocenters. The summed E-state index contributed by atoms with van der Waals surface area (Å²) in [5.41, 5.74) is -4.01. The quantitative estimate of drug-likeness (QED) is 0.430. The standard InChI is InChI=1S/C25H29F3N2O6/c1-23(2,3)36-22(35)29-18(13-15-9-6-5-7-10-15)19(31)20(32)30-24(4,21(33)34)16-11-8-12-17(14-16)25(26,27)28/h5-12,14,18-19,31H,13H2,1-4H3,(H,29,35)(H,30,32)(H,33,34)/t18-,19+,24+/m1/s1. The largest absolute Gasteiger partial charge is 0.479 e. The molecule has 0 heterocycles. The number of halogens is 3. The summed E-state index contributed by atoms with van der Waals surface area (Å²) >= 11 is 0. The number of nitrogens with one attached hydrogen (secondary N) is 2. The number of carbonyl (C=O) groups excluding carboxylic acids is 2. The summed E-state index contributed by atoms with van der Waals surface area (Å²) in [4.78, 5) is 37.4. The average molecular weight is 511 g/mol. The van der Waals surface area contributed by atoms with Crippen LogP contribution >= 0.6 is 0 Å². The third-order valence-electron chi connectivity index (χ3n) is 5.22. The summed E-state index contributed by atoms with van der Waals surface area (Å²) in [5.74, 6) is -2.86. The molecule has 2 aromatic rings. The van der Waals surface area contributed by atoms with Gasteiger partial charge in [0.2, 0.25) is 0 Å². The normalized spacial score (nSPS) is 15.2. The van der Waals surface area contributed by atoms with E-state index in [0.29, 0.717) is 11.6 Å². The molecule has 11 heteroatoms. The van der Waals surface area contributed by atoms with Crippen molar-refractivity contribution >= 4 is 18.0 Å². The van der Waals surface area contributed by atoms with Crippen LogP contribution in [0.3, 0.4) is 0 Å². The van der Waals surface area contributed by atoms with E-state index in [-0.39, 0.29) is 12.0 Å². The molecule has 0 fully saturated rings. The van der Waals surface area contributed by atoms with Gasteiger partial charge in [-0.25, -0.2) is 9.59 Å². The summed E-state index contributed by atoms with van der Waals surface area (Å²) < 4.78 is 44.7. The van der Waals surface area contributed by atoms with Gasteiger partial charge >= 0.3 is 18.2 Å². The number of aliphatic carboxylic acids is 1. The van der Waals surface area contributed by atoms with Crippen LogP contribution in [0.1, 0.15) is 44.4 Å². The third kappa shape index (κ3) is 7.70. The maximum absolute atomic E-state index is 13.2. The van der Waals surface area contributed by atoms with Crippen LogP contribution in [0.25, 0.3) is 0 Å². The van der Waals surface area contributed by atoms with Crippen LogP contribution in [-0.4, -0.2) is 45.9 Å². The van der Waals surface area contributed by atoms with Gasteiger partial charge in [0.1, 0.15) is 5.60 Å². The van der Waals surface area contributed by atoms with Crippen molar-refractivity contribution in [2.24, 2.45) is 0 Å². The Morgan fingerprint density at radius 2 is 1.53 bits per heavy atom. The molecule has 0 aliphatic rings. The molecule has 2 aromatic carbocycles. The van der Waals surface area contributed by atoms with Gasteiger partial charge in [-0.2, -0.15) is 13.2 Å². The van der Waals surface area contributed by atoms with E-state index < -0.39 is 53.0 Å². The highest BCUT2D eigenvalue weighted by atomic mass is 19.4. The lowest BCUT2D eigenvalue weighted by Crippen LogP contribution is -2.58. The third-order valence-corrected chi connectivity index (χ3v) is 5.22. The number of alkyl halides is 3. The number of carboxylic acid groups (broad SMARTS) is 1. The Morgan fingerprint density at radius 1 is 0.944 bits per heavy atom. The van der Waals surface area contributed by atoms with Crippen LogP contribution in [-0.2, 0) is 32.5 Å². The molecule has 0 aliphatic carbocycles. The Labute approximate surface area is 206 Å². The van der Waals surface area contributed by atoms with E-state index in [1.165, 1.54) is 0 Å². The van der Waals surface area contributed by atoms with E-state index in [0.717, 1.165) is 25.1 Å². The first-order valence-corrected chi connectivity index (χ1v) is 11.0. The Morgan fingerprint density at radius 3 is 2.06 bits per heavy atom. The summed E-state index contributed by atoms with van der Waals surface area (Å²) in [6, 6.07) is 10.8. The van der Waals surface area contributed by atoms with E-state index in [9.17, 15) is 37.8 Å². The van der Waals surface area contributed by atoms with Gasteiger partial charge in [-0.3, -0.25) is 4.79 Å². The molecule has 0 saturated carbocycles. The summed E-state index contributed by atoms with van der Waals surface area (Å²) in [6.45, 7) is 5.86. The molecule has 3 atom stereocenters. The fourth-order valence-electron chi connectivity index (χ4n) is 3.33. The highest BCUT2D eigenvalue weighted by Crippen LogP contribution is 2.32. The van der Waals surface area contributed by atoms with Crippen molar-refractivity contribution in [2.75, 3.05) is 0 Å². The first-order valence-electron chi connectivity index (χ1n) is 11.0. The van der Waals surface area contributed by atoms with E-state index in [4.69, 9.17) is 4.74 Å². The zero-order chi connectivity index (χ0) is 27.3. The summed E-state index contributed by atoms with van der Waals surface area (Å²) in [7, 11) is 0. The number of ether oxygens (including phenoxy) is 1. The fourth-order valence-corrected chi connectivity index (χ4v) is 3.33. The van der Waals surface area contributed by atoms with E-state index in [2.05, 4.69) is 10.6 Å². The van der Waals surface area contributed by atoms with Gasteiger partial charge in [-0.15, -0.1) is 0 Å². The van der Waals surface area contributed by atoms with Crippen molar-refractivity contribution in [2.45, 2.75) is 63.6 Å². The van der Waals surface area contributed by atoms with Crippen LogP contribution < -0.4 is 10.6 Å². The predicted octanol–water partition coefficient (Wildman–Crippen LogP) is 3.62. The fraction of sp³-hybridized carbons (Fsp3) is 0.400. The number of aliphatic hydroxyl groups is 1. The zero-order valence-electron chi connectivity index (χ0n) is 20.2. The number of aliphatic hydroxyl groups excluding tert-OH is 1. The van der Waals surface area contributed by atoms with E-state index in [1.807, 2.05) is 0 Å². The number of hydrogen-bond acceptors (Lipinski definition) is 5. The number of amides is 2. The zero-order valence-corrected chi connectivity index (χ0v) is 20.2. The molecule has 2 amide bonds. The monoisotopic (exact) mass is 510 g/mol. The lowest BCUT2D eigenvalue weighted by molar-refractivity contribution is -0.149. The van der Waals surface area contributed by atoms with Crippen LogP contribution in [0.5, 0.6) is 0 Å². The van der Waals surface area contributed by atoms with Crippen molar-refractivity contribution in [3.8, 4) is 0 Å². The average Bonchev–Trinajstić information content (AvgIpc) is 2.76. The smallest absolute Gasteiger partial charge is 0.416 e. The SMILES string of the molecule is CC(C)(C)OC(=O)N[C@H](Cc1ccccc1)[C@H](O)C(=O)N[C@](C)(C(=O)O)c1cccc(C(F)(F)F)c1. The molecule has 0 bridgehead atoms. The number of hydrogen-bond donors (Lipinski definition) is 4. The predicted molar refractivity (Wildman–Crippen MR) is 124 cm³/mol. The van der Waals surface area contributed by atoms with Crippen LogP contribution in [0.2, 0.25) is 0 Å².